The number of carbonyl (C=O) groups is 1. The number of aromatic nitrogens is 7. The van der Waals surface area contributed by atoms with E-state index in [1.165, 1.54) is 0 Å². The summed E-state index contributed by atoms with van der Waals surface area (Å²) in [7, 11) is 1.89. The van der Waals surface area contributed by atoms with Crippen molar-refractivity contribution in [3.05, 3.63) is 90.5 Å². The Labute approximate surface area is 265 Å². The summed E-state index contributed by atoms with van der Waals surface area (Å²) in [5.74, 6) is 1.04. The van der Waals surface area contributed by atoms with E-state index in [0.717, 1.165) is 57.6 Å². The minimum atomic E-state index is -0.0954. The number of hydrogen-bond donors (Lipinski definition) is 3. The van der Waals surface area contributed by atoms with Crippen LogP contribution in [0.1, 0.15) is 17.7 Å². The molecule has 2 aromatic carbocycles. The highest BCUT2D eigenvalue weighted by molar-refractivity contribution is 6.06. The van der Waals surface area contributed by atoms with Crippen molar-refractivity contribution in [2.75, 3.05) is 30.3 Å². The first kappa shape index (κ1) is 29.1. The predicted octanol–water partition coefficient (Wildman–Crippen LogP) is 5.27. The molecular formula is C34H34N10O2. The van der Waals surface area contributed by atoms with Crippen molar-refractivity contribution in [2.24, 2.45) is 7.05 Å². The molecule has 46 heavy (non-hydrogen) atoms. The third-order valence-electron chi connectivity index (χ3n) is 8.14. The van der Waals surface area contributed by atoms with Gasteiger partial charge in [0.1, 0.15) is 6.10 Å². The maximum absolute atomic E-state index is 13.2. The minimum Gasteiger partial charge on any atom is -0.459 e. The largest absolute Gasteiger partial charge is 0.459 e. The van der Waals surface area contributed by atoms with Gasteiger partial charge in [0.2, 0.25) is 11.9 Å². The van der Waals surface area contributed by atoms with Crippen molar-refractivity contribution in [2.45, 2.75) is 26.4 Å². The molecule has 0 saturated carbocycles. The van der Waals surface area contributed by atoms with Gasteiger partial charge in [0.05, 0.1) is 29.1 Å². The van der Waals surface area contributed by atoms with E-state index >= 15 is 0 Å². The Hall–Kier alpha value is -5.62. The van der Waals surface area contributed by atoms with Crippen LogP contribution >= 0.6 is 0 Å². The third kappa shape index (κ3) is 6.15. The van der Waals surface area contributed by atoms with Gasteiger partial charge in [-0.05, 0) is 38.0 Å². The lowest BCUT2D eigenvalue weighted by Crippen LogP contribution is -2.33. The maximum Gasteiger partial charge on any atom is 0.317 e. The van der Waals surface area contributed by atoms with Crippen molar-refractivity contribution in [3.8, 4) is 28.5 Å². The first-order valence-corrected chi connectivity index (χ1v) is 15.2. The van der Waals surface area contributed by atoms with Crippen LogP contribution in [0.3, 0.4) is 0 Å². The number of anilines is 3. The monoisotopic (exact) mass is 614 g/mol. The molecule has 0 spiro atoms. The van der Waals surface area contributed by atoms with Gasteiger partial charge in [-0.25, -0.2) is 15.0 Å². The molecule has 4 aromatic heterocycles. The number of benzene rings is 2. The SMILES string of the molecule is Cc1cnc(Nc2cc(C)n(C)n2)nc1-c1c[nH]c2c(NC(=O)CN3CC[C@H](Oc4nccc(-c5ccccc5)n4)C3)cccc12. The molecule has 232 valence electrons. The van der Waals surface area contributed by atoms with E-state index in [4.69, 9.17) is 9.72 Å². The predicted molar refractivity (Wildman–Crippen MR) is 177 cm³/mol. The molecule has 1 aliphatic heterocycles. The number of fused-ring (bicyclic) bond motifs is 1. The zero-order valence-electron chi connectivity index (χ0n) is 25.9. The molecule has 6 aromatic rings. The van der Waals surface area contributed by atoms with Crippen molar-refractivity contribution in [1.82, 2.24) is 39.6 Å². The zero-order valence-corrected chi connectivity index (χ0v) is 25.9. The normalized spacial score (nSPS) is 14.9. The second-order valence-electron chi connectivity index (χ2n) is 11.5. The third-order valence-corrected chi connectivity index (χ3v) is 8.14. The van der Waals surface area contributed by atoms with Gasteiger partial charge in [-0.15, -0.1) is 0 Å². The molecule has 3 N–H and O–H groups in total. The molecule has 7 rings (SSSR count). The summed E-state index contributed by atoms with van der Waals surface area (Å²) >= 11 is 0. The van der Waals surface area contributed by atoms with Crippen molar-refractivity contribution in [3.63, 3.8) is 0 Å². The Bertz CT molecular complexity index is 2000. The molecule has 1 amide bonds. The summed E-state index contributed by atoms with van der Waals surface area (Å²) in [6.45, 7) is 5.58. The summed E-state index contributed by atoms with van der Waals surface area (Å²) in [5, 5.41) is 11.7. The van der Waals surface area contributed by atoms with Gasteiger partial charge in [0, 0.05) is 67.0 Å². The molecule has 0 unspecified atom stereocenters. The summed E-state index contributed by atoms with van der Waals surface area (Å²) in [6.07, 6.45) is 6.12. The molecular weight excluding hydrogens is 580 g/mol. The number of carbonyl (C=O) groups excluding carboxylic acids is 1. The van der Waals surface area contributed by atoms with E-state index in [2.05, 4.69) is 40.6 Å². The number of nitrogens with one attached hydrogen (secondary N) is 3. The van der Waals surface area contributed by atoms with Crippen LogP contribution in [0.15, 0.2) is 79.3 Å². The van der Waals surface area contributed by atoms with Gasteiger partial charge in [0.25, 0.3) is 0 Å². The number of H-pyrrole nitrogens is 1. The van der Waals surface area contributed by atoms with Crippen LogP contribution in [0.4, 0.5) is 17.5 Å². The van der Waals surface area contributed by atoms with Crippen LogP contribution in [-0.4, -0.2) is 71.2 Å². The Morgan fingerprint density at radius 3 is 2.76 bits per heavy atom. The Kier molecular flexibility index (Phi) is 7.85. The molecule has 1 fully saturated rings. The summed E-state index contributed by atoms with van der Waals surface area (Å²) in [4.78, 5) is 36.8. The van der Waals surface area contributed by atoms with Crippen LogP contribution in [0.2, 0.25) is 0 Å². The Morgan fingerprint density at radius 1 is 1.07 bits per heavy atom. The summed E-state index contributed by atoms with van der Waals surface area (Å²) in [5.41, 5.74) is 7.03. The average Bonchev–Trinajstić information content (AvgIpc) is 3.77. The topological polar surface area (TPSA) is 139 Å². The Balaban J connectivity index is 1.00. The number of ether oxygens (including phenoxy) is 1. The second kappa shape index (κ2) is 12.4. The van der Waals surface area contributed by atoms with Crippen LogP contribution in [0, 0.1) is 13.8 Å². The van der Waals surface area contributed by atoms with Crippen LogP contribution in [0.25, 0.3) is 33.4 Å². The lowest BCUT2D eigenvalue weighted by atomic mass is 10.1. The summed E-state index contributed by atoms with van der Waals surface area (Å²) in [6, 6.07) is 20.0. The smallest absolute Gasteiger partial charge is 0.317 e. The number of para-hydroxylation sites is 1. The average molecular weight is 615 g/mol. The van der Waals surface area contributed by atoms with E-state index in [9.17, 15) is 4.79 Å². The number of amides is 1. The standard InChI is InChI=1S/C34H34N10O2/c1-21-17-37-33(40-29-16-22(2)43(3)42-29)41-31(21)26-18-36-32-25(26)10-7-11-28(32)38-30(45)20-44-15-13-24(19-44)46-34-35-14-12-27(39-34)23-8-5-4-6-9-23/h4-12,14,16-18,24,36H,13,15,19-20H2,1-3H3,(H,38,45)(H,37,40,41,42)/t24-/m0/s1. The lowest BCUT2D eigenvalue weighted by molar-refractivity contribution is -0.117. The van der Waals surface area contributed by atoms with E-state index in [1.807, 2.05) is 87.8 Å². The molecule has 5 heterocycles. The van der Waals surface area contributed by atoms with E-state index in [1.54, 1.807) is 17.1 Å². The van der Waals surface area contributed by atoms with E-state index < -0.39 is 0 Å². The fraction of sp³-hybridized carbons (Fsp3) is 0.235. The molecule has 1 aliphatic rings. The zero-order chi connectivity index (χ0) is 31.6. The molecule has 1 atom stereocenters. The van der Waals surface area contributed by atoms with Gasteiger partial charge in [0.15, 0.2) is 5.82 Å². The first-order valence-electron chi connectivity index (χ1n) is 15.2. The number of rotatable bonds is 9. The van der Waals surface area contributed by atoms with Crippen molar-refractivity contribution >= 4 is 34.3 Å². The first-order chi connectivity index (χ1) is 22.4. The number of aryl methyl sites for hydroxylation is 3. The highest BCUT2D eigenvalue weighted by Gasteiger charge is 2.26. The van der Waals surface area contributed by atoms with Crippen molar-refractivity contribution < 1.29 is 9.53 Å². The van der Waals surface area contributed by atoms with E-state index in [-0.39, 0.29) is 18.6 Å². The number of hydrogen-bond acceptors (Lipinski definition) is 9. The van der Waals surface area contributed by atoms with Gasteiger partial charge in [-0.2, -0.15) is 10.1 Å². The molecule has 12 heteroatoms. The second-order valence-corrected chi connectivity index (χ2v) is 11.5. The number of likely N-dealkylation sites (tertiary alicyclic amines) is 1. The van der Waals surface area contributed by atoms with Gasteiger partial charge in [-0.3, -0.25) is 14.4 Å². The fourth-order valence-corrected chi connectivity index (χ4v) is 5.71. The van der Waals surface area contributed by atoms with Crippen LogP contribution in [0.5, 0.6) is 6.01 Å². The summed E-state index contributed by atoms with van der Waals surface area (Å²) < 4.78 is 7.90. The van der Waals surface area contributed by atoms with Crippen LogP contribution < -0.4 is 15.4 Å². The fourth-order valence-electron chi connectivity index (χ4n) is 5.71. The maximum atomic E-state index is 13.2. The highest BCUT2D eigenvalue weighted by Crippen LogP contribution is 2.33. The van der Waals surface area contributed by atoms with Gasteiger partial charge in [-0.1, -0.05) is 42.5 Å². The molecule has 0 aliphatic carbocycles. The Morgan fingerprint density at radius 2 is 1.93 bits per heavy atom. The molecule has 12 nitrogen and oxygen atoms in total. The van der Waals surface area contributed by atoms with Gasteiger partial charge < -0.3 is 20.4 Å². The van der Waals surface area contributed by atoms with Gasteiger partial charge >= 0.3 is 6.01 Å². The number of aromatic amines is 1. The highest BCUT2D eigenvalue weighted by atomic mass is 16.5. The van der Waals surface area contributed by atoms with E-state index in [0.29, 0.717) is 30.0 Å². The molecule has 0 bridgehead atoms. The number of nitrogens with zero attached hydrogens (tertiary/aromatic N) is 7. The minimum absolute atomic E-state index is 0.0922. The molecule has 0 radical (unpaired) electrons. The quantitative estimate of drug-likeness (QED) is 0.199. The molecule has 1 saturated heterocycles. The van der Waals surface area contributed by atoms with Crippen molar-refractivity contribution in [1.29, 1.82) is 0 Å². The lowest BCUT2D eigenvalue weighted by Gasteiger charge is -2.16. The van der Waals surface area contributed by atoms with Crippen LogP contribution in [-0.2, 0) is 11.8 Å².